The largest absolute Gasteiger partial charge is 0.353 e. The molecule has 2 aliphatic rings. The van der Waals surface area contributed by atoms with Gasteiger partial charge in [-0.2, -0.15) is 0 Å². The maximum absolute atomic E-state index is 12.0. The van der Waals surface area contributed by atoms with Gasteiger partial charge in [0.05, 0.1) is 17.4 Å². The number of hydrogen-bond donors (Lipinski definition) is 2. The van der Waals surface area contributed by atoms with Gasteiger partial charge in [-0.1, -0.05) is 0 Å². The Morgan fingerprint density at radius 1 is 1.28 bits per heavy atom. The van der Waals surface area contributed by atoms with Crippen LogP contribution in [0.3, 0.4) is 0 Å². The standard InChI is InChI=1S/C12H22N2O3S/c1-9(10-2-5-13-6-3-10)14-12(15)11-4-7-18(16,17)8-11/h9-11,13H,2-8H2,1H3,(H,14,15). The minimum absolute atomic E-state index is 0.0256. The lowest BCUT2D eigenvalue weighted by Crippen LogP contribution is -2.44. The molecule has 0 aromatic heterocycles. The van der Waals surface area contributed by atoms with Crippen LogP contribution in [-0.2, 0) is 14.6 Å². The third kappa shape index (κ3) is 3.45. The van der Waals surface area contributed by atoms with E-state index in [1.165, 1.54) is 0 Å². The maximum Gasteiger partial charge on any atom is 0.224 e. The molecule has 2 aliphatic heterocycles. The van der Waals surface area contributed by atoms with Gasteiger partial charge in [0, 0.05) is 6.04 Å². The van der Waals surface area contributed by atoms with E-state index in [9.17, 15) is 13.2 Å². The molecule has 0 spiro atoms. The molecule has 0 bridgehead atoms. The van der Waals surface area contributed by atoms with Crippen molar-refractivity contribution in [3.8, 4) is 0 Å². The summed E-state index contributed by atoms with van der Waals surface area (Å²) in [5, 5.41) is 6.29. The number of amides is 1. The van der Waals surface area contributed by atoms with E-state index in [2.05, 4.69) is 10.6 Å². The lowest BCUT2D eigenvalue weighted by Gasteiger charge is -2.29. The van der Waals surface area contributed by atoms with Gasteiger partial charge in [0.1, 0.15) is 0 Å². The van der Waals surface area contributed by atoms with Gasteiger partial charge in [0.25, 0.3) is 0 Å². The van der Waals surface area contributed by atoms with Crippen molar-refractivity contribution >= 4 is 15.7 Å². The van der Waals surface area contributed by atoms with Crippen LogP contribution in [0.25, 0.3) is 0 Å². The molecular formula is C12H22N2O3S. The predicted molar refractivity (Wildman–Crippen MR) is 70.0 cm³/mol. The molecule has 2 heterocycles. The van der Waals surface area contributed by atoms with Crippen molar-refractivity contribution in [2.24, 2.45) is 11.8 Å². The molecule has 18 heavy (non-hydrogen) atoms. The molecule has 2 atom stereocenters. The minimum Gasteiger partial charge on any atom is -0.353 e. The summed E-state index contributed by atoms with van der Waals surface area (Å²) in [7, 11) is -2.97. The monoisotopic (exact) mass is 274 g/mol. The van der Waals surface area contributed by atoms with E-state index in [1.54, 1.807) is 0 Å². The molecule has 0 aliphatic carbocycles. The average molecular weight is 274 g/mol. The quantitative estimate of drug-likeness (QED) is 0.755. The van der Waals surface area contributed by atoms with Crippen molar-refractivity contribution in [2.45, 2.75) is 32.2 Å². The van der Waals surface area contributed by atoms with Crippen molar-refractivity contribution in [3.05, 3.63) is 0 Å². The normalized spacial score (nSPS) is 29.9. The Morgan fingerprint density at radius 3 is 2.50 bits per heavy atom. The lowest BCUT2D eigenvalue weighted by atomic mass is 9.91. The molecule has 2 N–H and O–H groups in total. The van der Waals surface area contributed by atoms with Crippen molar-refractivity contribution in [3.63, 3.8) is 0 Å². The summed E-state index contributed by atoms with van der Waals surface area (Å²) < 4.78 is 22.7. The summed E-state index contributed by atoms with van der Waals surface area (Å²) in [5.41, 5.74) is 0. The van der Waals surface area contributed by atoms with Gasteiger partial charge in [0.15, 0.2) is 9.84 Å². The lowest BCUT2D eigenvalue weighted by molar-refractivity contribution is -0.125. The van der Waals surface area contributed by atoms with Crippen molar-refractivity contribution in [1.29, 1.82) is 0 Å². The van der Waals surface area contributed by atoms with Crippen LogP contribution in [0, 0.1) is 11.8 Å². The van der Waals surface area contributed by atoms with Crippen LogP contribution in [0.15, 0.2) is 0 Å². The molecule has 1 amide bonds. The molecule has 0 radical (unpaired) electrons. The minimum atomic E-state index is -2.97. The fourth-order valence-corrected chi connectivity index (χ4v) is 4.55. The Morgan fingerprint density at radius 2 is 1.94 bits per heavy atom. The third-order valence-electron chi connectivity index (χ3n) is 4.06. The van der Waals surface area contributed by atoms with Crippen molar-refractivity contribution in [2.75, 3.05) is 24.6 Å². The second-order valence-electron chi connectivity index (χ2n) is 5.48. The fourth-order valence-electron chi connectivity index (χ4n) is 2.81. The van der Waals surface area contributed by atoms with Crippen LogP contribution in [0.1, 0.15) is 26.2 Å². The number of nitrogens with one attached hydrogen (secondary N) is 2. The summed E-state index contributed by atoms with van der Waals surface area (Å²) in [4.78, 5) is 12.0. The first kappa shape index (κ1) is 13.8. The molecule has 6 heteroatoms. The zero-order chi connectivity index (χ0) is 13.2. The van der Waals surface area contributed by atoms with E-state index >= 15 is 0 Å². The van der Waals surface area contributed by atoms with Crippen LogP contribution in [0.4, 0.5) is 0 Å². The number of rotatable bonds is 3. The molecule has 5 nitrogen and oxygen atoms in total. The van der Waals surface area contributed by atoms with Crippen LogP contribution >= 0.6 is 0 Å². The highest BCUT2D eigenvalue weighted by molar-refractivity contribution is 7.91. The van der Waals surface area contributed by atoms with Crippen LogP contribution in [0.2, 0.25) is 0 Å². The molecule has 2 saturated heterocycles. The SMILES string of the molecule is CC(NC(=O)C1CCS(=O)(=O)C1)C1CCNCC1. The molecule has 2 fully saturated rings. The fraction of sp³-hybridized carbons (Fsp3) is 0.917. The first-order valence-electron chi connectivity index (χ1n) is 6.69. The highest BCUT2D eigenvalue weighted by Gasteiger charge is 2.34. The summed E-state index contributed by atoms with van der Waals surface area (Å²) in [5.74, 6) is 0.277. The van der Waals surface area contributed by atoms with E-state index in [1.807, 2.05) is 6.92 Å². The van der Waals surface area contributed by atoms with Crippen molar-refractivity contribution < 1.29 is 13.2 Å². The second-order valence-corrected chi connectivity index (χ2v) is 7.71. The van der Waals surface area contributed by atoms with Gasteiger partial charge in [-0.3, -0.25) is 4.79 Å². The van der Waals surface area contributed by atoms with Crippen LogP contribution < -0.4 is 10.6 Å². The molecule has 104 valence electrons. The number of sulfone groups is 1. The zero-order valence-electron chi connectivity index (χ0n) is 10.8. The Hall–Kier alpha value is -0.620. The highest BCUT2D eigenvalue weighted by atomic mass is 32.2. The highest BCUT2D eigenvalue weighted by Crippen LogP contribution is 2.20. The van der Waals surface area contributed by atoms with E-state index in [4.69, 9.17) is 0 Å². The summed E-state index contributed by atoms with van der Waals surface area (Å²) in [6, 6.07) is 0.142. The topological polar surface area (TPSA) is 75.3 Å². The Bertz CT molecular complexity index is 402. The molecule has 2 unspecified atom stereocenters. The second kappa shape index (κ2) is 5.57. The van der Waals surface area contributed by atoms with Gasteiger partial charge in [-0.25, -0.2) is 8.42 Å². The third-order valence-corrected chi connectivity index (χ3v) is 5.83. The molecule has 0 saturated carbocycles. The van der Waals surface area contributed by atoms with Gasteiger partial charge < -0.3 is 10.6 Å². The Balaban J connectivity index is 1.83. The number of carbonyl (C=O) groups is 1. The first-order chi connectivity index (χ1) is 8.48. The molecule has 0 aromatic carbocycles. The number of carbonyl (C=O) groups excluding carboxylic acids is 1. The van der Waals surface area contributed by atoms with E-state index in [0.29, 0.717) is 12.3 Å². The van der Waals surface area contributed by atoms with Crippen LogP contribution in [-0.4, -0.2) is 45.0 Å². The van der Waals surface area contributed by atoms with Gasteiger partial charge in [-0.05, 0) is 45.2 Å². The van der Waals surface area contributed by atoms with E-state index < -0.39 is 9.84 Å². The maximum atomic E-state index is 12.0. The summed E-state index contributed by atoms with van der Waals surface area (Å²) in [6.45, 7) is 4.03. The average Bonchev–Trinajstić information content (AvgIpc) is 2.71. The number of hydrogen-bond acceptors (Lipinski definition) is 4. The van der Waals surface area contributed by atoms with Gasteiger partial charge in [0.2, 0.25) is 5.91 Å². The zero-order valence-corrected chi connectivity index (χ0v) is 11.6. The Kier molecular flexibility index (Phi) is 4.27. The predicted octanol–water partition coefficient (Wildman–Crippen LogP) is -0.0746. The molecule has 2 rings (SSSR count). The van der Waals surface area contributed by atoms with Gasteiger partial charge in [-0.15, -0.1) is 0 Å². The van der Waals surface area contributed by atoms with E-state index in [-0.39, 0.29) is 29.4 Å². The van der Waals surface area contributed by atoms with Gasteiger partial charge >= 0.3 is 0 Å². The smallest absolute Gasteiger partial charge is 0.224 e. The van der Waals surface area contributed by atoms with Crippen molar-refractivity contribution in [1.82, 2.24) is 10.6 Å². The molecular weight excluding hydrogens is 252 g/mol. The summed E-state index contributed by atoms with van der Waals surface area (Å²) in [6.07, 6.45) is 2.63. The van der Waals surface area contributed by atoms with Crippen LogP contribution in [0.5, 0.6) is 0 Å². The summed E-state index contributed by atoms with van der Waals surface area (Å²) >= 11 is 0. The number of piperidine rings is 1. The Labute approximate surface area is 109 Å². The first-order valence-corrected chi connectivity index (χ1v) is 8.51. The molecule has 0 aromatic rings. The van der Waals surface area contributed by atoms with E-state index in [0.717, 1.165) is 25.9 Å².